The first kappa shape index (κ1) is 12.2. The lowest BCUT2D eigenvalue weighted by Crippen LogP contribution is -2.12. The minimum Gasteiger partial charge on any atom is -0.383 e. The highest BCUT2D eigenvalue weighted by Crippen LogP contribution is 2.51. The summed E-state index contributed by atoms with van der Waals surface area (Å²) in [4.78, 5) is 8.45. The fourth-order valence-corrected chi connectivity index (χ4v) is 2.86. The van der Waals surface area contributed by atoms with Crippen LogP contribution in [0.4, 0.5) is 5.82 Å². The van der Waals surface area contributed by atoms with Crippen LogP contribution >= 0.6 is 0 Å². The van der Waals surface area contributed by atoms with Gasteiger partial charge in [-0.15, -0.1) is 0 Å². The van der Waals surface area contributed by atoms with Crippen LogP contribution in [0.25, 0.3) is 11.3 Å². The van der Waals surface area contributed by atoms with Gasteiger partial charge in [0, 0.05) is 18.3 Å². The molecule has 2 aromatic heterocycles. The van der Waals surface area contributed by atoms with E-state index in [-0.39, 0.29) is 0 Å². The Labute approximate surface area is 113 Å². The maximum Gasteiger partial charge on any atom is 0.132 e. The van der Waals surface area contributed by atoms with E-state index in [4.69, 9.17) is 5.73 Å². The Morgan fingerprint density at radius 1 is 1.42 bits per heavy atom. The van der Waals surface area contributed by atoms with E-state index in [0.717, 1.165) is 17.8 Å². The zero-order valence-electron chi connectivity index (χ0n) is 11.3. The fraction of sp³-hybridized carbons (Fsp3) is 0.467. The SMILES string of the molecule is CCCC1(Cn2cncc2-c2cccnc2N)CC1. The van der Waals surface area contributed by atoms with Crippen molar-refractivity contribution < 1.29 is 0 Å². The van der Waals surface area contributed by atoms with Gasteiger partial charge in [-0.05, 0) is 36.8 Å². The molecule has 0 aliphatic heterocycles. The third kappa shape index (κ3) is 2.35. The maximum atomic E-state index is 5.97. The van der Waals surface area contributed by atoms with Crippen LogP contribution in [0.1, 0.15) is 32.6 Å². The number of nitrogens with zero attached hydrogens (tertiary/aromatic N) is 3. The van der Waals surface area contributed by atoms with Crippen LogP contribution in [-0.2, 0) is 6.54 Å². The summed E-state index contributed by atoms with van der Waals surface area (Å²) in [5.41, 5.74) is 8.52. The molecule has 0 spiro atoms. The van der Waals surface area contributed by atoms with Gasteiger partial charge in [0.05, 0.1) is 18.2 Å². The molecule has 100 valence electrons. The van der Waals surface area contributed by atoms with E-state index in [9.17, 15) is 0 Å². The highest BCUT2D eigenvalue weighted by molar-refractivity contribution is 5.70. The molecule has 0 saturated heterocycles. The van der Waals surface area contributed by atoms with E-state index in [1.807, 2.05) is 24.7 Å². The Hall–Kier alpha value is -1.84. The van der Waals surface area contributed by atoms with Crippen LogP contribution in [0.5, 0.6) is 0 Å². The molecule has 2 heterocycles. The Bertz CT molecular complexity index is 569. The number of pyridine rings is 1. The second-order valence-electron chi connectivity index (χ2n) is 5.59. The molecular weight excluding hydrogens is 236 g/mol. The highest BCUT2D eigenvalue weighted by atomic mass is 15.1. The molecule has 0 aromatic carbocycles. The summed E-state index contributed by atoms with van der Waals surface area (Å²) in [6, 6.07) is 3.93. The first-order chi connectivity index (χ1) is 9.24. The topological polar surface area (TPSA) is 56.7 Å². The van der Waals surface area contributed by atoms with Crippen LogP contribution in [0.3, 0.4) is 0 Å². The summed E-state index contributed by atoms with van der Waals surface area (Å²) in [6.07, 6.45) is 10.7. The minimum atomic E-state index is 0.501. The molecule has 1 fully saturated rings. The van der Waals surface area contributed by atoms with Crippen molar-refractivity contribution >= 4 is 5.82 Å². The van der Waals surface area contributed by atoms with Gasteiger partial charge in [-0.3, -0.25) is 0 Å². The summed E-state index contributed by atoms with van der Waals surface area (Å²) in [7, 11) is 0. The van der Waals surface area contributed by atoms with Gasteiger partial charge in [0.15, 0.2) is 0 Å². The lowest BCUT2D eigenvalue weighted by Gasteiger charge is -2.17. The number of aromatic nitrogens is 3. The number of nitrogens with two attached hydrogens (primary N) is 1. The van der Waals surface area contributed by atoms with Crippen molar-refractivity contribution in [3.63, 3.8) is 0 Å². The highest BCUT2D eigenvalue weighted by Gasteiger charge is 2.42. The van der Waals surface area contributed by atoms with Gasteiger partial charge in [0.25, 0.3) is 0 Å². The van der Waals surface area contributed by atoms with Crippen LogP contribution < -0.4 is 5.73 Å². The second kappa shape index (κ2) is 4.68. The molecule has 1 aliphatic carbocycles. The lowest BCUT2D eigenvalue weighted by molar-refractivity contribution is 0.390. The first-order valence-electron chi connectivity index (χ1n) is 6.95. The maximum absolute atomic E-state index is 5.97. The monoisotopic (exact) mass is 256 g/mol. The van der Waals surface area contributed by atoms with Crippen molar-refractivity contribution in [1.29, 1.82) is 0 Å². The smallest absolute Gasteiger partial charge is 0.132 e. The van der Waals surface area contributed by atoms with Crippen LogP contribution in [0, 0.1) is 5.41 Å². The van der Waals surface area contributed by atoms with Gasteiger partial charge in [-0.25, -0.2) is 9.97 Å². The summed E-state index contributed by atoms with van der Waals surface area (Å²) >= 11 is 0. The molecule has 4 heteroatoms. The standard InChI is InChI=1S/C15H20N4/c1-2-5-15(6-7-15)10-19-11-17-9-13(19)12-4-3-8-18-14(12)16/h3-4,8-9,11H,2,5-7,10H2,1H3,(H2,16,18). The van der Waals surface area contributed by atoms with Gasteiger partial charge in [-0.1, -0.05) is 13.3 Å². The summed E-state index contributed by atoms with van der Waals surface area (Å²) in [5, 5.41) is 0. The number of nitrogen functional groups attached to an aromatic ring is 1. The molecule has 19 heavy (non-hydrogen) atoms. The molecule has 4 nitrogen and oxygen atoms in total. The first-order valence-corrected chi connectivity index (χ1v) is 6.95. The zero-order valence-corrected chi connectivity index (χ0v) is 11.3. The largest absolute Gasteiger partial charge is 0.383 e. The Morgan fingerprint density at radius 2 is 2.26 bits per heavy atom. The molecule has 2 aromatic rings. The summed E-state index contributed by atoms with van der Waals surface area (Å²) in [5.74, 6) is 0.574. The minimum absolute atomic E-state index is 0.501. The second-order valence-corrected chi connectivity index (χ2v) is 5.59. The van der Waals surface area contributed by atoms with Crippen molar-refractivity contribution in [3.05, 3.63) is 30.9 Å². The summed E-state index contributed by atoms with van der Waals surface area (Å²) in [6.45, 7) is 3.30. The number of rotatable bonds is 5. The van der Waals surface area contributed by atoms with Crippen molar-refractivity contribution in [2.45, 2.75) is 39.2 Å². The Balaban J connectivity index is 1.89. The average molecular weight is 256 g/mol. The molecule has 0 atom stereocenters. The molecule has 2 N–H and O–H groups in total. The predicted molar refractivity (Wildman–Crippen MR) is 76.4 cm³/mol. The van der Waals surface area contributed by atoms with Gasteiger partial charge in [0.2, 0.25) is 0 Å². The Morgan fingerprint density at radius 3 is 2.95 bits per heavy atom. The van der Waals surface area contributed by atoms with Crippen molar-refractivity contribution in [2.24, 2.45) is 5.41 Å². The van der Waals surface area contributed by atoms with Gasteiger partial charge in [0.1, 0.15) is 5.82 Å². The molecule has 0 amide bonds. The van der Waals surface area contributed by atoms with Gasteiger partial charge in [-0.2, -0.15) is 0 Å². The Kier molecular flexibility index (Phi) is 3.01. The van der Waals surface area contributed by atoms with E-state index >= 15 is 0 Å². The normalized spacial score (nSPS) is 16.5. The van der Waals surface area contributed by atoms with E-state index in [1.54, 1.807) is 6.20 Å². The van der Waals surface area contributed by atoms with Crippen LogP contribution in [-0.4, -0.2) is 14.5 Å². The molecule has 1 saturated carbocycles. The summed E-state index contributed by atoms with van der Waals surface area (Å²) < 4.78 is 2.23. The fourth-order valence-electron chi connectivity index (χ4n) is 2.86. The van der Waals surface area contributed by atoms with Crippen molar-refractivity contribution in [3.8, 4) is 11.3 Å². The van der Waals surface area contributed by atoms with E-state index in [2.05, 4.69) is 21.5 Å². The van der Waals surface area contributed by atoms with Crippen LogP contribution in [0.2, 0.25) is 0 Å². The number of hydrogen-bond donors (Lipinski definition) is 1. The van der Waals surface area contributed by atoms with E-state index in [0.29, 0.717) is 11.2 Å². The molecule has 1 aliphatic rings. The molecule has 0 bridgehead atoms. The quantitative estimate of drug-likeness (QED) is 0.894. The molecule has 0 unspecified atom stereocenters. The number of anilines is 1. The molecule has 3 rings (SSSR count). The number of hydrogen-bond acceptors (Lipinski definition) is 3. The third-order valence-corrected chi connectivity index (χ3v) is 4.07. The van der Waals surface area contributed by atoms with E-state index in [1.165, 1.54) is 25.7 Å². The molecular formula is C15H20N4. The third-order valence-electron chi connectivity index (χ3n) is 4.07. The molecule has 0 radical (unpaired) electrons. The van der Waals surface area contributed by atoms with Crippen molar-refractivity contribution in [1.82, 2.24) is 14.5 Å². The van der Waals surface area contributed by atoms with E-state index < -0.39 is 0 Å². The average Bonchev–Trinajstić information content (AvgIpc) is 2.99. The van der Waals surface area contributed by atoms with Crippen molar-refractivity contribution in [2.75, 3.05) is 5.73 Å². The zero-order chi connectivity index (χ0) is 13.3. The van der Waals surface area contributed by atoms with Crippen LogP contribution in [0.15, 0.2) is 30.9 Å². The lowest BCUT2D eigenvalue weighted by atomic mass is 10.0. The number of imidazole rings is 1. The van der Waals surface area contributed by atoms with Gasteiger partial charge < -0.3 is 10.3 Å². The van der Waals surface area contributed by atoms with Gasteiger partial charge >= 0.3 is 0 Å². The predicted octanol–water partition coefficient (Wildman–Crippen LogP) is 3.11.